The zero-order chi connectivity index (χ0) is 28.0. The van der Waals surface area contributed by atoms with Crippen LogP contribution >= 0.6 is 0 Å². The summed E-state index contributed by atoms with van der Waals surface area (Å²) in [6.45, 7) is 0.502. The molecule has 0 unspecified atom stereocenters. The van der Waals surface area contributed by atoms with Gasteiger partial charge in [0.25, 0.3) is 0 Å². The Morgan fingerprint density at radius 2 is 1.54 bits per heavy atom. The molecule has 0 spiro atoms. The number of nitrogens with zero attached hydrogens (tertiary/aromatic N) is 2. The summed E-state index contributed by atoms with van der Waals surface area (Å²) >= 11 is 0. The van der Waals surface area contributed by atoms with Gasteiger partial charge in [-0.15, -0.1) is 0 Å². The number of aromatic amines is 1. The van der Waals surface area contributed by atoms with E-state index in [1.807, 2.05) is 60.7 Å². The molecule has 0 saturated heterocycles. The first-order chi connectivity index (χ1) is 20.1. The third kappa shape index (κ3) is 6.31. The molecule has 0 bridgehead atoms. The Hall–Kier alpha value is -5.70. The molecule has 41 heavy (non-hydrogen) atoms. The van der Waals surface area contributed by atoms with Crippen LogP contribution in [0.2, 0.25) is 0 Å². The van der Waals surface area contributed by atoms with Gasteiger partial charge in [0.2, 0.25) is 5.88 Å². The van der Waals surface area contributed by atoms with Crippen LogP contribution in [0, 0.1) is 5.82 Å². The van der Waals surface area contributed by atoms with Crippen LogP contribution in [0.25, 0.3) is 22.3 Å². The van der Waals surface area contributed by atoms with Crippen LogP contribution in [-0.2, 0) is 6.61 Å². The van der Waals surface area contributed by atoms with E-state index in [0.717, 1.165) is 28.0 Å². The summed E-state index contributed by atoms with van der Waals surface area (Å²) < 4.78 is 25.3. The van der Waals surface area contributed by atoms with Crippen LogP contribution in [0.15, 0.2) is 116 Å². The monoisotopic (exact) mass is 545 g/mol. The summed E-state index contributed by atoms with van der Waals surface area (Å²) in [5.74, 6) is 1.27. The first kappa shape index (κ1) is 25.6. The maximum absolute atomic E-state index is 13.3. The number of nitrogens with one attached hydrogen (secondary N) is 3. The van der Waals surface area contributed by atoms with Crippen LogP contribution in [-0.4, -0.2) is 21.0 Å². The number of anilines is 2. The number of H-pyrrole nitrogens is 1. The number of amides is 2. The number of hydrogen-bond acceptors (Lipinski definition) is 5. The number of rotatable bonds is 8. The summed E-state index contributed by atoms with van der Waals surface area (Å²) in [7, 11) is 0. The van der Waals surface area contributed by atoms with Gasteiger partial charge < -0.3 is 25.1 Å². The third-order valence-corrected chi connectivity index (χ3v) is 6.21. The van der Waals surface area contributed by atoms with Gasteiger partial charge in [0, 0.05) is 17.1 Å². The van der Waals surface area contributed by atoms with Crippen molar-refractivity contribution in [3.05, 3.63) is 127 Å². The number of fused-ring (bicyclic) bond motifs is 1. The molecule has 8 nitrogen and oxygen atoms in total. The van der Waals surface area contributed by atoms with Gasteiger partial charge in [0.15, 0.2) is 0 Å². The van der Waals surface area contributed by atoms with E-state index < -0.39 is 11.8 Å². The number of halogens is 1. The topological polar surface area (TPSA) is 101 Å². The van der Waals surface area contributed by atoms with E-state index in [2.05, 4.69) is 25.6 Å². The predicted molar refractivity (Wildman–Crippen MR) is 156 cm³/mol. The van der Waals surface area contributed by atoms with E-state index in [1.54, 1.807) is 30.3 Å². The number of hydrogen-bond donors (Lipinski definition) is 3. The Morgan fingerprint density at radius 1 is 0.780 bits per heavy atom. The van der Waals surface area contributed by atoms with Gasteiger partial charge >= 0.3 is 6.03 Å². The van der Waals surface area contributed by atoms with Gasteiger partial charge in [-0.25, -0.2) is 19.2 Å². The zero-order valence-corrected chi connectivity index (χ0v) is 21.7. The minimum Gasteiger partial charge on any atom is -0.489 e. The Balaban J connectivity index is 1.11. The van der Waals surface area contributed by atoms with Gasteiger partial charge in [-0.05, 0) is 83.9 Å². The fourth-order valence-corrected chi connectivity index (χ4v) is 4.20. The molecule has 4 aromatic carbocycles. The van der Waals surface area contributed by atoms with E-state index in [4.69, 9.17) is 9.47 Å². The SMILES string of the molecule is O=C(Nc1ccc(Oc2ncnc3[nH]c(-c4ccc(OCc5ccccc5)cc4)cc23)cc1)Nc1cccc(F)c1. The molecule has 202 valence electrons. The lowest BCUT2D eigenvalue weighted by Gasteiger charge is -2.09. The summed E-state index contributed by atoms with van der Waals surface area (Å²) in [6, 6.07) is 31.8. The molecule has 0 radical (unpaired) electrons. The molecular formula is C32H24FN5O3. The molecule has 6 aromatic rings. The smallest absolute Gasteiger partial charge is 0.323 e. The normalized spacial score (nSPS) is 10.8. The first-order valence-electron chi connectivity index (χ1n) is 12.8. The van der Waals surface area contributed by atoms with Crippen molar-refractivity contribution >= 4 is 28.4 Å². The Morgan fingerprint density at radius 3 is 2.32 bits per heavy atom. The molecule has 6 rings (SSSR count). The molecule has 0 fully saturated rings. The van der Waals surface area contributed by atoms with Crippen molar-refractivity contribution in [2.75, 3.05) is 10.6 Å². The van der Waals surface area contributed by atoms with Crippen LogP contribution in [0.5, 0.6) is 17.4 Å². The van der Waals surface area contributed by atoms with Crippen molar-refractivity contribution in [3.63, 3.8) is 0 Å². The lowest BCUT2D eigenvalue weighted by Crippen LogP contribution is -2.19. The van der Waals surface area contributed by atoms with Gasteiger partial charge in [-0.3, -0.25) is 0 Å². The van der Waals surface area contributed by atoms with Crippen LogP contribution in [0.3, 0.4) is 0 Å². The van der Waals surface area contributed by atoms with Crippen LogP contribution in [0.1, 0.15) is 5.56 Å². The highest BCUT2D eigenvalue weighted by molar-refractivity contribution is 5.99. The Bertz CT molecular complexity index is 1790. The van der Waals surface area contributed by atoms with Gasteiger partial charge in [-0.1, -0.05) is 36.4 Å². The number of aromatic nitrogens is 3. The predicted octanol–water partition coefficient (Wildman–Crippen LogP) is 7.78. The molecule has 0 saturated carbocycles. The maximum Gasteiger partial charge on any atom is 0.323 e. The van der Waals surface area contributed by atoms with Crippen molar-refractivity contribution in [3.8, 4) is 28.6 Å². The van der Waals surface area contributed by atoms with Crippen LogP contribution in [0.4, 0.5) is 20.6 Å². The fraction of sp³-hybridized carbons (Fsp3) is 0.0312. The minimum absolute atomic E-state index is 0.355. The standard InChI is InChI=1S/C32H24FN5O3/c33-23-7-4-8-25(17-23)37-32(39)36-24-11-15-27(16-12-24)41-31-28-18-29(38-30(28)34-20-35-31)22-9-13-26(14-10-22)40-19-21-5-2-1-3-6-21/h1-18,20H,19H2,(H,34,35,38)(H2,36,37,39). The second kappa shape index (κ2) is 11.6. The molecule has 2 aromatic heterocycles. The highest BCUT2D eigenvalue weighted by Gasteiger charge is 2.12. The highest BCUT2D eigenvalue weighted by Crippen LogP contribution is 2.32. The average molecular weight is 546 g/mol. The molecule has 0 atom stereocenters. The van der Waals surface area contributed by atoms with Crippen LogP contribution < -0.4 is 20.1 Å². The lowest BCUT2D eigenvalue weighted by atomic mass is 10.1. The molecule has 0 aliphatic heterocycles. The minimum atomic E-state index is -0.489. The molecule has 0 aliphatic carbocycles. The van der Waals surface area contributed by atoms with Gasteiger partial charge in [0.05, 0.1) is 5.39 Å². The molecule has 2 amide bonds. The number of carbonyl (C=O) groups is 1. The van der Waals surface area contributed by atoms with Crippen molar-refractivity contribution in [2.24, 2.45) is 0 Å². The molecular weight excluding hydrogens is 521 g/mol. The first-order valence-corrected chi connectivity index (χ1v) is 12.8. The van der Waals surface area contributed by atoms with Crippen molar-refractivity contribution in [1.82, 2.24) is 15.0 Å². The number of urea groups is 1. The van der Waals surface area contributed by atoms with E-state index >= 15 is 0 Å². The van der Waals surface area contributed by atoms with E-state index in [9.17, 15) is 9.18 Å². The summed E-state index contributed by atoms with van der Waals surface area (Å²) in [5.41, 5.74) is 4.47. The van der Waals surface area contributed by atoms with Crippen molar-refractivity contribution < 1.29 is 18.7 Å². The summed E-state index contributed by atoms with van der Waals surface area (Å²) in [6.07, 6.45) is 1.44. The van der Waals surface area contributed by atoms with Crippen molar-refractivity contribution in [2.45, 2.75) is 6.61 Å². The number of carbonyl (C=O) groups excluding carboxylic acids is 1. The summed E-state index contributed by atoms with van der Waals surface area (Å²) in [4.78, 5) is 24.2. The lowest BCUT2D eigenvalue weighted by molar-refractivity contribution is 0.262. The molecule has 9 heteroatoms. The largest absolute Gasteiger partial charge is 0.489 e. The molecule has 3 N–H and O–H groups in total. The zero-order valence-electron chi connectivity index (χ0n) is 21.7. The second-order valence-corrected chi connectivity index (χ2v) is 9.14. The number of benzene rings is 4. The Kier molecular flexibility index (Phi) is 7.23. The van der Waals surface area contributed by atoms with Gasteiger partial charge in [0.1, 0.15) is 35.9 Å². The highest BCUT2D eigenvalue weighted by atomic mass is 19.1. The maximum atomic E-state index is 13.3. The third-order valence-electron chi connectivity index (χ3n) is 6.21. The number of ether oxygens (including phenoxy) is 2. The summed E-state index contributed by atoms with van der Waals surface area (Å²) in [5, 5.41) is 6.02. The van der Waals surface area contributed by atoms with E-state index in [-0.39, 0.29) is 0 Å². The fourth-order valence-electron chi connectivity index (χ4n) is 4.20. The average Bonchev–Trinajstić information content (AvgIpc) is 3.43. The van der Waals surface area contributed by atoms with Gasteiger partial charge in [-0.2, -0.15) is 0 Å². The van der Waals surface area contributed by atoms with E-state index in [1.165, 1.54) is 24.5 Å². The Labute approximate surface area is 234 Å². The molecule has 2 heterocycles. The van der Waals surface area contributed by atoms with Crippen molar-refractivity contribution in [1.29, 1.82) is 0 Å². The quantitative estimate of drug-likeness (QED) is 0.181. The second-order valence-electron chi connectivity index (χ2n) is 9.14. The van der Waals surface area contributed by atoms with E-state index in [0.29, 0.717) is 35.3 Å². The molecule has 0 aliphatic rings.